The number of carbonyl (C=O) groups is 1. The minimum absolute atomic E-state index is 0.301. The number of hydrogen-bond donors (Lipinski definition) is 0. The van der Waals surface area contributed by atoms with E-state index in [4.69, 9.17) is 0 Å². The molecular formula is C8H13NO. The molecule has 2 heteroatoms. The maximum Gasteiger partial charge on any atom is 0.153 e. The molecule has 0 aromatic carbocycles. The monoisotopic (exact) mass is 139 g/mol. The largest absolute Gasteiger partial charge is 0.298 e. The van der Waals surface area contributed by atoms with E-state index in [1.807, 2.05) is 0 Å². The van der Waals surface area contributed by atoms with Crippen LogP contribution in [0.15, 0.2) is 0 Å². The van der Waals surface area contributed by atoms with Gasteiger partial charge in [-0.25, -0.2) is 0 Å². The van der Waals surface area contributed by atoms with Gasteiger partial charge < -0.3 is 0 Å². The molecule has 10 heavy (non-hydrogen) atoms. The molecule has 2 rings (SSSR count). The lowest BCUT2D eigenvalue weighted by Crippen LogP contribution is -2.53. The van der Waals surface area contributed by atoms with Crippen LogP contribution < -0.4 is 0 Å². The number of carbonyl (C=O) groups excluding carboxylic acids is 1. The first-order valence-corrected chi connectivity index (χ1v) is 3.96. The van der Waals surface area contributed by atoms with Crippen molar-refractivity contribution in [2.24, 2.45) is 11.8 Å². The summed E-state index contributed by atoms with van der Waals surface area (Å²) >= 11 is 0. The Labute approximate surface area is 61.2 Å². The Kier molecular flexibility index (Phi) is 1.15. The standard InChI is InChI=1S/C8H13NO/c1-5-6-3-4-9(2)7(6)8(5)10/h5-7H,3-4H2,1-2H3. The molecule has 1 heterocycles. The van der Waals surface area contributed by atoms with Crippen molar-refractivity contribution in [1.82, 2.24) is 4.90 Å². The number of ketones is 1. The molecule has 56 valence electrons. The Bertz CT molecular complexity index is 178. The molecule has 0 N–H and O–H groups in total. The molecule has 0 aromatic heterocycles. The van der Waals surface area contributed by atoms with Gasteiger partial charge in [0.2, 0.25) is 0 Å². The fourth-order valence-corrected chi connectivity index (χ4v) is 2.29. The molecule has 2 aliphatic rings. The van der Waals surface area contributed by atoms with Gasteiger partial charge in [-0.3, -0.25) is 9.69 Å². The summed E-state index contributed by atoms with van der Waals surface area (Å²) in [5, 5.41) is 0. The number of rotatable bonds is 0. The van der Waals surface area contributed by atoms with Crippen LogP contribution in [0.2, 0.25) is 0 Å². The summed E-state index contributed by atoms with van der Waals surface area (Å²) in [7, 11) is 2.05. The van der Waals surface area contributed by atoms with Crippen molar-refractivity contribution in [1.29, 1.82) is 0 Å². The van der Waals surface area contributed by atoms with Gasteiger partial charge in [-0.15, -0.1) is 0 Å². The summed E-state index contributed by atoms with van der Waals surface area (Å²) in [6.07, 6.45) is 1.23. The van der Waals surface area contributed by atoms with Crippen LogP contribution in [-0.4, -0.2) is 30.3 Å². The van der Waals surface area contributed by atoms with E-state index >= 15 is 0 Å². The third-order valence-corrected chi connectivity index (χ3v) is 3.08. The Morgan fingerprint density at radius 2 is 2.30 bits per heavy atom. The number of fused-ring (bicyclic) bond motifs is 1. The minimum Gasteiger partial charge on any atom is -0.298 e. The lowest BCUT2D eigenvalue weighted by molar-refractivity contribution is -0.139. The van der Waals surface area contributed by atoms with Crippen molar-refractivity contribution in [3.05, 3.63) is 0 Å². The topological polar surface area (TPSA) is 20.3 Å². The lowest BCUT2D eigenvalue weighted by Gasteiger charge is -2.38. The molecule has 2 fully saturated rings. The average Bonchev–Trinajstić information content (AvgIpc) is 2.27. The van der Waals surface area contributed by atoms with Crippen LogP contribution in [0.3, 0.4) is 0 Å². The highest BCUT2D eigenvalue weighted by Crippen LogP contribution is 2.40. The first-order valence-electron chi connectivity index (χ1n) is 3.96. The van der Waals surface area contributed by atoms with Crippen LogP contribution in [0.4, 0.5) is 0 Å². The van der Waals surface area contributed by atoms with E-state index in [0.717, 1.165) is 6.54 Å². The average molecular weight is 139 g/mol. The second kappa shape index (κ2) is 1.82. The zero-order chi connectivity index (χ0) is 7.30. The van der Waals surface area contributed by atoms with Crippen molar-refractivity contribution in [3.8, 4) is 0 Å². The fraction of sp³-hybridized carbons (Fsp3) is 0.875. The van der Waals surface area contributed by atoms with E-state index in [1.54, 1.807) is 0 Å². The SMILES string of the molecule is CC1C(=O)C2C1CCN2C. The molecule has 0 bridgehead atoms. The first kappa shape index (κ1) is 6.35. The van der Waals surface area contributed by atoms with Gasteiger partial charge in [0.05, 0.1) is 6.04 Å². The predicted molar refractivity (Wildman–Crippen MR) is 38.7 cm³/mol. The highest BCUT2D eigenvalue weighted by atomic mass is 16.1. The van der Waals surface area contributed by atoms with Gasteiger partial charge in [-0.1, -0.05) is 6.92 Å². The normalized spacial score (nSPS) is 47.0. The predicted octanol–water partition coefficient (Wildman–Crippen LogP) is 0.526. The van der Waals surface area contributed by atoms with Crippen molar-refractivity contribution in [2.75, 3.05) is 13.6 Å². The third kappa shape index (κ3) is 0.553. The van der Waals surface area contributed by atoms with Crippen LogP contribution in [0.1, 0.15) is 13.3 Å². The van der Waals surface area contributed by atoms with Gasteiger partial charge >= 0.3 is 0 Å². The van der Waals surface area contributed by atoms with Crippen molar-refractivity contribution < 1.29 is 4.79 Å². The van der Waals surface area contributed by atoms with Crippen LogP contribution >= 0.6 is 0 Å². The number of nitrogens with zero attached hydrogens (tertiary/aromatic N) is 1. The zero-order valence-corrected chi connectivity index (χ0v) is 6.50. The molecule has 0 radical (unpaired) electrons. The molecule has 3 atom stereocenters. The van der Waals surface area contributed by atoms with E-state index in [1.165, 1.54) is 6.42 Å². The maximum atomic E-state index is 11.2. The molecule has 1 aliphatic heterocycles. The van der Waals surface area contributed by atoms with E-state index < -0.39 is 0 Å². The van der Waals surface area contributed by atoms with Crippen LogP contribution in [0, 0.1) is 11.8 Å². The smallest absolute Gasteiger partial charge is 0.153 e. The summed E-state index contributed by atoms with van der Waals surface area (Å²) in [6.45, 7) is 3.17. The van der Waals surface area contributed by atoms with Gasteiger partial charge in [0, 0.05) is 5.92 Å². The summed E-state index contributed by atoms with van der Waals surface area (Å²) in [4.78, 5) is 13.4. The molecule has 1 aliphatic carbocycles. The van der Waals surface area contributed by atoms with E-state index in [0.29, 0.717) is 23.7 Å². The molecule has 0 spiro atoms. The summed E-state index contributed by atoms with van der Waals surface area (Å²) in [5.41, 5.74) is 0. The van der Waals surface area contributed by atoms with Crippen LogP contribution in [0.5, 0.6) is 0 Å². The van der Waals surface area contributed by atoms with Crippen LogP contribution in [-0.2, 0) is 4.79 Å². The van der Waals surface area contributed by atoms with E-state index in [2.05, 4.69) is 18.9 Å². The Morgan fingerprint density at radius 3 is 2.90 bits per heavy atom. The number of hydrogen-bond acceptors (Lipinski definition) is 2. The Hall–Kier alpha value is -0.370. The molecule has 1 saturated heterocycles. The minimum atomic E-state index is 0.301. The maximum absolute atomic E-state index is 11.2. The summed E-state index contributed by atoms with van der Waals surface area (Å²) in [6, 6.07) is 0.301. The van der Waals surface area contributed by atoms with E-state index in [9.17, 15) is 4.79 Å². The lowest BCUT2D eigenvalue weighted by atomic mass is 9.70. The van der Waals surface area contributed by atoms with Gasteiger partial charge in [-0.05, 0) is 25.9 Å². The second-order valence-electron chi connectivity index (χ2n) is 3.57. The third-order valence-electron chi connectivity index (χ3n) is 3.08. The summed E-state index contributed by atoms with van der Waals surface area (Å²) < 4.78 is 0. The van der Waals surface area contributed by atoms with E-state index in [-0.39, 0.29) is 0 Å². The van der Waals surface area contributed by atoms with Gasteiger partial charge in [0.25, 0.3) is 0 Å². The highest BCUT2D eigenvalue weighted by Gasteiger charge is 2.51. The molecular weight excluding hydrogens is 126 g/mol. The fourth-order valence-electron chi connectivity index (χ4n) is 2.29. The van der Waals surface area contributed by atoms with Crippen LogP contribution in [0.25, 0.3) is 0 Å². The van der Waals surface area contributed by atoms with Crippen molar-refractivity contribution in [3.63, 3.8) is 0 Å². The quantitative estimate of drug-likeness (QED) is 0.488. The zero-order valence-electron chi connectivity index (χ0n) is 6.50. The highest BCUT2D eigenvalue weighted by molar-refractivity contribution is 5.93. The second-order valence-corrected chi connectivity index (χ2v) is 3.57. The van der Waals surface area contributed by atoms with Gasteiger partial charge in [0.15, 0.2) is 5.78 Å². The molecule has 1 saturated carbocycles. The molecule has 0 aromatic rings. The number of likely N-dealkylation sites (N-methyl/N-ethyl adjacent to an activating group) is 1. The molecule has 0 amide bonds. The number of Topliss-reactive ketones (excluding diaryl/α,β-unsaturated/α-hetero) is 1. The van der Waals surface area contributed by atoms with Crippen molar-refractivity contribution >= 4 is 5.78 Å². The molecule has 2 nitrogen and oxygen atoms in total. The Morgan fingerprint density at radius 1 is 1.60 bits per heavy atom. The van der Waals surface area contributed by atoms with Crippen molar-refractivity contribution in [2.45, 2.75) is 19.4 Å². The first-order chi connectivity index (χ1) is 4.72. The molecule has 3 unspecified atom stereocenters. The Balaban J connectivity index is 2.16. The number of likely N-dealkylation sites (tertiary alicyclic amines) is 1. The summed E-state index contributed by atoms with van der Waals surface area (Å²) in [5.74, 6) is 1.51. The van der Waals surface area contributed by atoms with Gasteiger partial charge in [0.1, 0.15) is 0 Å². The van der Waals surface area contributed by atoms with Gasteiger partial charge in [-0.2, -0.15) is 0 Å².